The Bertz CT molecular complexity index is 2460. The van der Waals surface area contributed by atoms with Crippen molar-refractivity contribution in [3.63, 3.8) is 0 Å². The molecule has 0 unspecified atom stereocenters. The second-order valence-corrected chi connectivity index (χ2v) is 18.3. The number of imidazole rings is 2. The smallest absolute Gasteiger partial charge is 0.407 e. The van der Waals surface area contributed by atoms with Gasteiger partial charge in [0, 0.05) is 31.9 Å². The molecule has 14 heteroatoms. The molecule has 0 bridgehead atoms. The Morgan fingerprint density at radius 2 is 1.32 bits per heavy atom. The zero-order valence-corrected chi connectivity index (χ0v) is 36.5. The monoisotopic (exact) mass is 844 g/mol. The molecule has 3 aromatic carbocycles. The number of aromatic amines is 2. The first-order valence-electron chi connectivity index (χ1n) is 22.6. The van der Waals surface area contributed by atoms with Gasteiger partial charge in [-0.15, -0.1) is 0 Å². The number of amides is 3. The van der Waals surface area contributed by atoms with E-state index in [1.807, 2.05) is 49.6 Å². The molecule has 62 heavy (non-hydrogen) atoms. The number of carbonyl (C=O) groups excluding carboxylic acids is 3. The maximum atomic E-state index is 16.2. The number of benzene rings is 3. The molecule has 6 heterocycles. The summed E-state index contributed by atoms with van der Waals surface area (Å²) in [6.45, 7) is 10.9. The number of fused-ring (bicyclic) bond motifs is 2. The van der Waals surface area contributed by atoms with Crippen molar-refractivity contribution in [2.45, 2.75) is 109 Å². The lowest BCUT2D eigenvalue weighted by atomic mass is 10.0. The second kappa shape index (κ2) is 17.2. The molecule has 9 rings (SSSR count). The summed E-state index contributed by atoms with van der Waals surface area (Å²) in [7, 11) is 1.30. The van der Waals surface area contributed by atoms with Gasteiger partial charge in [0.1, 0.15) is 23.5 Å². The molecule has 3 N–H and O–H groups in total. The molecule has 0 aliphatic carbocycles. The number of likely N-dealkylation sites (tertiary alicyclic amines) is 2. The summed E-state index contributed by atoms with van der Waals surface area (Å²) in [5.74, 6) is 1.28. The summed E-state index contributed by atoms with van der Waals surface area (Å²) in [4.78, 5) is 64.6. The highest BCUT2D eigenvalue weighted by Gasteiger charge is 2.40. The normalized spacial score (nSPS) is 22.3. The van der Waals surface area contributed by atoms with Crippen molar-refractivity contribution >= 4 is 51.3 Å². The third kappa shape index (κ3) is 7.96. The van der Waals surface area contributed by atoms with E-state index in [1.54, 1.807) is 12.5 Å². The van der Waals surface area contributed by atoms with Gasteiger partial charge in [-0.2, -0.15) is 0 Å². The number of hydrogen-bond donors (Lipinski definition) is 3. The topological polar surface area (TPSA) is 143 Å². The van der Waals surface area contributed by atoms with Crippen LogP contribution in [-0.2, 0) is 14.3 Å². The summed E-state index contributed by atoms with van der Waals surface area (Å²) < 4.78 is 21.0. The molecule has 4 fully saturated rings. The largest absolute Gasteiger partial charge is 0.453 e. The molecule has 3 amide bonds. The highest BCUT2D eigenvalue weighted by Crippen LogP contribution is 2.48. The van der Waals surface area contributed by atoms with Crippen LogP contribution in [0.1, 0.15) is 126 Å². The van der Waals surface area contributed by atoms with Crippen LogP contribution in [0.2, 0.25) is 0 Å². The standard InChI is InChI=1S/C48H59FN9O4/c1-28(2)24-43(59)56-22-8-10-41(56)45-50-34-15-12-30(25-36(34)52-45)38-18-19-39(58(38)32-14-17-40(33(49)27-32)55-20-6-7-21-55)31-13-16-35-37(26-31)53-46(51-35)42-11-9-23-57(42)47(60)44(29(3)4)54-48(61)62-5/h12-17,24-29,38-39,41-42,44H,6-11,18-23H2,1-5H3,(H,50,52)(H,51,53)(H,54,61)/t38-,39-,41+,42+,44+/m1/s1. The van der Waals surface area contributed by atoms with Crippen molar-refractivity contribution in [3.8, 4) is 0 Å². The average Bonchev–Trinajstić information content (AvgIpc) is 4.11. The minimum atomic E-state index is -0.715. The van der Waals surface area contributed by atoms with E-state index in [-0.39, 0.29) is 53.6 Å². The third-order valence-electron chi connectivity index (χ3n) is 13.4. The van der Waals surface area contributed by atoms with Crippen LogP contribution in [0.3, 0.4) is 0 Å². The number of nitrogens with one attached hydrogen (secondary N) is 3. The van der Waals surface area contributed by atoms with Gasteiger partial charge in [0.2, 0.25) is 11.8 Å². The number of nitrogens with zero attached hydrogens (tertiary/aromatic N) is 6. The Kier molecular flexibility index (Phi) is 11.6. The molecule has 13 nitrogen and oxygen atoms in total. The lowest BCUT2D eigenvalue weighted by molar-refractivity contribution is -0.135. The zero-order valence-electron chi connectivity index (χ0n) is 36.5. The lowest BCUT2D eigenvalue weighted by Crippen LogP contribution is -2.51. The Hall–Kier alpha value is -5.66. The fraction of sp³-hybridized carbons (Fsp3) is 0.500. The molecular formula is C48H59FN9O4. The maximum absolute atomic E-state index is 16.2. The van der Waals surface area contributed by atoms with Gasteiger partial charge in [-0.1, -0.05) is 39.8 Å². The van der Waals surface area contributed by atoms with Crippen LogP contribution in [0.5, 0.6) is 0 Å². The predicted molar refractivity (Wildman–Crippen MR) is 238 cm³/mol. The van der Waals surface area contributed by atoms with Crippen LogP contribution >= 0.6 is 0 Å². The first kappa shape index (κ1) is 41.7. The number of H-pyrrole nitrogens is 2. The zero-order chi connectivity index (χ0) is 43.2. The maximum Gasteiger partial charge on any atom is 0.407 e. The van der Waals surface area contributed by atoms with Gasteiger partial charge in [0.15, 0.2) is 0 Å². The number of ether oxygens (including phenoxy) is 1. The molecule has 0 saturated carbocycles. The summed E-state index contributed by atoms with van der Waals surface area (Å²) in [5, 5.41) is 2.73. The summed E-state index contributed by atoms with van der Waals surface area (Å²) in [6, 6.07) is 17.3. The third-order valence-corrected chi connectivity index (χ3v) is 13.4. The van der Waals surface area contributed by atoms with E-state index < -0.39 is 12.1 Å². The molecule has 4 saturated heterocycles. The highest BCUT2D eigenvalue weighted by molar-refractivity contribution is 5.87. The predicted octanol–water partition coefficient (Wildman–Crippen LogP) is 8.83. The molecule has 4 aliphatic rings. The molecule has 5 aromatic rings. The minimum Gasteiger partial charge on any atom is -0.453 e. The molecule has 1 radical (unpaired) electrons. The van der Waals surface area contributed by atoms with Crippen molar-refractivity contribution in [3.05, 3.63) is 89.6 Å². The number of methoxy groups -OCH3 is 1. The van der Waals surface area contributed by atoms with E-state index in [4.69, 9.17) is 14.7 Å². The van der Waals surface area contributed by atoms with Gasteiger partial charge in [-0.3, -0.25) is 9.59 Å². The van der Waals surface area contributed by atoms with E-state index in [0.717, 1.165) is 122 Å². The van der Waals surface area contributed by atoms with Crippen molar-refractivity contribution in [1.82, 2.24) is 35.1 Å². The number of alkyl carbamates (subject to hydrolysis) is 1. The first-order chi connectivity index (χ1) is 30.0. The molecule has 2 aromatic heterocycles. The number of halogens is 1. The molecule has 4 aliphatic heterocycles. The number of carbonyl (C=O) groups is 3. The fourth-order valence-corrected chi connectivity index (χ4v) is 10.4. The van der Waals surface area contributed by atoms with Gasteiger partial charge in [-0.05, 0) is 117 Å². The molecule has 5 atom stereocenters. The van der Waals surface area contributed by atoms with Gasteiger partial charge >= 0.3 is 6.09 Å². The molecule has 0 spiro atoms. The fourth-order valence-electron chi connectivity index (χ4n) is 10.4. The highest BCUT2D eigenvalue weighted by atomic mass is 19.1. The quantitative estimate of drug-likeness (QED) is 0.120. The van der Waals surface area contributed by atoms with Crippen molar-refractivity contribution in [2.75, 3.05) is 43.1 Å². The Morgan fingerprint density at radius 1 is 0.742 bits per heavy atom. The molecule has 327 valence electrons. The van der Waals surface area contributed by atoms with Crippen LogP contribution in [0.15, 0.2) is 54.6 Å². The Labute approximate surface area is 362 Å². The van der Waals surface area contributed by atoms with Gasteiger partial charge in [-0.25, -0.2) is 19.2 Å². The number of aromatic nitrogens is 4. The van der Waals surface area contributed by atoms with E-state index in [0.29, 0.717) is 12.2 Å². The second-order valence-electron chi connectivity index (χ2n) is 18.3. The Morgan fingerprint density at radius 3 is 1.87 bits per heavy atom. The van der Waals surface area contributed by atoms with Crippen LogP contribution in [0.4, 0.5) is 20.6 Å². The summed E-state index contributed by atoms with van der Waals surface area (Å²) in [6.07, 6.45) is 8.39. The number of rotatable bonds is 11. The van der Waals surface area contributed by atoms with E-state index in [1.165, 1.54) is 7.11 Å². The van der Waals surface area contributed by atoms with Crippen LogP contribution < -0.4 is 15.1 Å². The van der Waals surface area contributed by atoms with Gasteiger partial charge in [0.25, 0.3) is 0 Å². The van der Waals surface area contributed by atoms with Crippen LogP contribution in [0.25, 0.3) is 22.1 Å². The molecular weight excluding hydrogens is 786 g/mol. The van der Waals surface area contributed by atoms with Crippen molar-refractivity contribution < 1.29 is 23.5 Å². The van der Waals surface area contributed by atoms with E-state index in [2.05, 4.69) is 61.5 Å². The Balaban J connectivity index is 1.03. The summed E-state index contributed by atoms with van der Waals surface area (Å²) in [5.41, 5.74) is 7.16. The average molecular weight is 845 g/mol. The van der Waals surface area contributed by atoms with Gasteiger partial charge < -0.3 is 39.6 Å². The summed E-state index contributed by atoms with van der Waals surface area (Å²) >= 11 is 0. The number of hydrogen-bond acceptors (Lipinski definition) is 8. The van der Waals surface area contributed by atoms with E-state index in [9.17, 15) is 14.4 Å². The SMILES string of the molecule is COC(=O)N[C@H](C(=O)N1CCC[C@H]1c1nc2ccc([C@H]3CC[C@H](c4ccc5nc([C@@H]6CCCN6C(=O)[CH]C(C)C)[nH]c5c4)N3c3ccc(N4CCCC4)c(F)c3)cc2[nH]1)C(C)C. The van der Waals surface area contributed by atoms with Crippen molar-refractivity contribution in [2.24, 2.45) is 11.8 Å². The first-order valence-corrected chi connectivity index (χ1v) is 22.6. The van der Waals surface area contributed by atoms with Crippen LogP contribution in [0, 0.1) is 24.1 Å². The minimum absolute atomic E-state index is 0.0445. The number of anilines is 2. The van der Waals surface area contributed by atoms with Crippen molar-refractivity contribution in [1.29, 1.82) is 0 Å². The van der Waals surface area contributed by atoms with Crippen LogP contribution in [-0.4, -0.2) is 87.0 Å². The lowest BCUT2D eigenvalue weighted by Gasteiger charge is -2.34. The van der Waals surface area contributed by atoms with Gasteiger partial charge in [0.05, 0.1) is 65.5 Å². The van der Waals surface area contributed by atoms with E-state index >= 15 is 4.39 Å².